The van der Waals surface area contributed by atoms with Crippen LogP contribution >= 0.6 is 23.5 Å². The highest BCUT2D eigenvalue weighted by Gasteiger charge is 2.52. The SMILES string of the molecule is O=C(C[n+]1ccc(CN2CC/C(=C\C3=C(C(=O)[O-])N4C(=O)[C@@H](NC(=O)CSc5ccccc5)[C@H]4SC3)C2=O)cc1)Nc1ccc(O)c(F)c1. The highest BCUT2D eigenvalue weighted by atomic mass is 32.2. The molecule has 0 aliphatic carbocycles. The minimum atomic E-state index is -1.53. The van der Waals surface area contributed by atoms with Crippen molar-refractivity contribution >= 4 is 58.8 Å². The Bertz CT molecular complexity index is 1890. The van der Waals surface area contributed by atoms with Gasteiger partial charge in [0.1, 0.15) is 11.4 Å². The molecule has 0 bridgehead atoms. The largest absolute Gasteiger partial charge is 0.543 e. The van der Waals surface area contributed by atoms with Crippen LogP contribution in [0, 0.1) is 5.82 Å². The van der Waals surface area contributed by atoms with Gasteiger partial charge in [0, 0.05) is 53.2 Å². The molecule has 15 heteroatoms. The molecule has 3 aromatic rings. The lowest BCUT2D eigenvalue weighted by atomic mass is 10.0. The predicted octanol–water partition coefficient (Wildman–Crippen LogP) is 1.31. The molecule has 0 radical (unpaired) electrons. The number of phenols is 1. The van der Waals surface area contributed by atoms with E-state index in [9.17, 15) is 38.6 Å². The average molecular weight is 704 g/mol. The third kappa shape index (κ3) is 7.62. The van der Waals surface area contributed by atoms with Gasteiger partial charge in [-0.05, 0) is 47.9 Å². The van der Waals surface area contributed by atoms with Crippen molar-refractivity contribution in [2.75, 3.05) is 23.4 Å². The number of hydrogen-bond acceptors (Lipinski definition) is 9. The molecule has 0 unspecified atom stereocenters. The van der Waals surface area contributed by atoms with Crippen LogP contribution in [0.15, 0.2) is 101 Å². The summed E-state index contributed by atoms with van der Waals surface area (Å²) in [5.41, 5.74) is 1.44. The molecule has 49 heavy (non-hydrogen) atoms. The molecule has 0 spiro atoms. The van der Waals surface area contributed by atoms with E-state index in [2.05, 4.69) is 10.6 Å². The number of hydrogen-bond donors (Lipinski definition) is 3. The number of pyridine rings is 1. The number of likely N-dealkylation sites (tertiary alicyclic amines) is 1. The number of aliphatic carboxylic acids is 1. The van der Waals surface area contributed by atoms with E-state index in [-0.39, 0.29) is 47.8 Å². The normalized spacial score (nSPS) is 19.5. The Balaban J connectivity index is 1.04. The Morgan fingerprint density at radius 2 is 1.84 bits per heavy atom. The topological polar surface area (TPSA) is 163 Å². The van der Waals surface area contributed by atoms with E-state index in [1.807, 2.05) is 30.3 Å². The Morgan fingerprint density at radius 3 is 2.55 bits per heavy atom. The third-order valence-electron chi connectivity index (χ3n) is 8.07. The van der Waals surface area contributed by atoms with Crippen molar-refractivity contribution in [3.63, 3.8) is 0 Å². The van der Waals surface area contributed by atoms with E-state index in [0.29, 0.717) is 24.1 Å². The van der Waals surface area contributed by atoms with Crippen LogP contribution in [0.2, 0.25) is 0 Å². The number of amides is 4. The molecule has 3 N–H and O–H groups in total. The van der Waals surface area contributed by atoms with Gasteiger partial charge in [0.25, 0.3) is 11.8 Å². The number of anilines is 1. The second-order valence-electron chi connectivity index (χ2n) is 11.5. The van der Waals surface area contributed by atoms with Crippen molar-refractivity contribution in [1.82, 2.24) is 15.1 Å². The molecule has 4 heterocycles. The summed E-state index contributed by atoms with van der Waals surface area (Å²) < 4.78 is 15.2. The minimum Gasteiger partial charge on any atom is -0.543 e. The summed E-state index contributed by atoms with van der Waals surface area (Å²) in [4.78, 5) is 67.1. The number of benzene rings is 2. The van der Waals surface area contributed by atoms with Crippen LogP contribution in [0.1, 0.15) is 12.0 Å². The van der Waals surface area contributed by atoms with Crippen LogP contribution in [0.4, 0.5) is 10.1 Å². The Hall–Kier alpha value is -5.15. The molecule has 12 nitrogen and oxygen atoms in total. The summed E-state index contributed by atoms with van der Waals surface area (Å²) in [6.45, 7) is 0.646. The number of carboxylic acid groups (broad SMARTS) is 1. The first-order chi connectivity index (χ1) is 23.6. The van der Waals surface area contributed by atoms with Gasteiger partial charge in [-0.2, -0.15) is 4.57 Å². The Morgan fingerprint density at radius 1 is 1.08 bits per heavy atom. The number of carbonyl (C=O) groups excluding carboxylic acids is 5. The fourth-order valence-corrected chi connectivity index (χ4v) is 7.69. The molecule has 3 aliphatic heterocycles. The monoisotopic (exact) mass is 703 g/mol. The van der Waals surface area contributed by atoms with Gasteiger partial charge < -0.3 is 30.5 Å². The van der Waals surface area contributed by atoms with Gasteiger partial charge >= 0.3 is 0 Å². The number of allylic oxidation sites excluding steroid dienone is 1. The van der Waals surface area contributed by atoms with E-state index in [0.717, 1.165) is 27.5 Å². The number of β-lactam (4-membered cyclic amide) rings is 1. The molecule has 2 atom stereocenters. The first-order valence-electron chi connectivity index (χ1n) is 15.2. The smallest absolute Gasteiger partial charge is 0.290 e. The number of carboxylic acids is 1. The molecule has 252 valence electrons. The average Bonchev–Trinajstić information content (AvgIpc) is 3.42. The molecular formula is C34H30FN5O7S2. The van der Waals surface area contributed by atoms with Crippen molar-refractivity contribution in [1.29, 1.82) is 0 Å². The Kier molecular flexibility index (Phi) is 10.0. The van der Waals surface area contributed by atoms with Crippen LogP contribution < -0.4 is 20.3 Å². The van der Waals surface area contributed by atoms with E-state index in [4.69, 9.17) is 0 Å². The van der Waals surface area contributed by atoms with E-state index in [1.165, 1.54) is 35.7 Å². The molecule has 1 aromatic heterocycles. The van der Waals surface area contributed by atoms with Crippen LogP contribution in [-0.4, -0.2) is 74.0 Å². The molecule has 2 aromatic carbocycles. The van der Waals surface area contributed by atoms with Gasteiger partial charge in [0.05, 0.1) is 17.4 Å². The predicted molar refractivity (Wildman–Crippen MR) is 176 cm³/mol. The van der Waals surface area contributed by atoms with E-state index in [1.54, 1.807) is 34.0 Å². The fraction of sp³-hybridized carbons (Fsp3) is 0.235. The number of halogens is 1. The highest BCUT2D eigenvalue weighted by molar-refractivity contribution is 8.00. The number of aromatic nitrogens is 1. The second kappa shape index (κ2) is 14.5. The van der Waals surface area contributed by atoms with Gasteiger partial charge in [-0.15, -0.1) is 23.5 Å². The Labute approximate surface area is 288 Å². The molecule has 2 saturated heterocycles. The van der Waals surface area contributed by atoms with Gasteiger partial charge in [-0.1, -0.05) is 18.2 Å². The number of nitrogens with one attached hydrogen (secondary N) is 2. The number of fused-ring (bicyclic) bond motifs is 1. The number of phenolic OH excluding ortho intramolecular Hbond substituents is 1. The van der Waals surface area contributed by atoms with Crippen LogP contribution in [0.5, 0.6) is 5.75 Å². The second-order valence-corrected chi connectivity index (χ2v) is 13.6. The maximum atomic E-state index is 13.5. The van der Waals surface area contributed by atoms with Gasteiger partial charge in [0.2, 0.25) is 18.4 Å². The lowest BCUT2D eigenvalue weighted by molar-refractivity contribution is -0.684. The van der Waals surface area contributed by atoms with Crippen LogP contribution in [0.25, 0.3) is 0 Å². The quantitative estimate of drug-likeness (QED) is 0.0879. The number of carbonyl (C=O) groups is 5. The van der Waals surface area contributed by atoms with Crippen molar-refractivity contribution in [2.24, 2.45) is 0 Å². The lowest BCUT2D eigenvalue weighted by Crippen LogP contribution is -2.71. The number of nitrogens with zero attached hydrogens (tertiary/aromatic N) is 3. The fourth-order valence-electron chi connectivity index (χ4n) is 5.66. The lowest BCUT2D eigenvalue weighted by Gasteiger charge is -2.50. The standard InChI is InChI=1S/C34H30FN5O7S2/c35-25-15-23(6-7-26(25)41)36-27(42)17-38-11-8-20(9-12-38)16-39-13-10-21(31(39)44)14-22-18-49-33-29(32(45)40(33)30(22)34(46)47)37-28(43)19-48-24-4-2-1-3-5-24/h1-9,11-12,14-15,29,33H,10,13,16-19H2,(H3-,36,37,41,42,43,46,47)/b21-14+/t29-,33-/m1/s1. The summed E-state index contributed by atoms with van der Waals surface area (Å²) >= 11 is 2.64. The van der Waals surface area contributed by atoms with Crippen molar-refractivity contribution in [3.05, 3.63) is 107 Å². The maximum Gasteiger partial charge on any atom is 0.290 e. The molecule has 4 amide bonds. The number of rotatable bonds is 11. The van der Waals surface area contributed by atoms with Crippen molar-refractivity contribution in [2.45, 2.75) is 35.8 Å². The highest BCUT2D eigenvalue weighted by Crippen LogP contribution is 2.41. The van der Waals surface area contributed by atoms with E-state index < -0.39 is 40.8 Å². The maximum absolute atomic E-state index is 13.5. The molecule has 2 fully saturated rings. The number of thioether (sulfide) groups is 2. The summed E-state index contributed by atoms with van der Waals surface area (Å²) in [7, 11) is 0. The van der Waals surface area contributed by atoms with Crippen LogP contribution in [-0.2, 0) is 37.1 Å². The minimum absolute atomic E-state index is 0.0486. The van der Waals surface area contributed by atoms with E-state index >= 15 is 0 Å². The molecule has 0 saturated carbocycles. The van der Waals surface area contributed by atoms with Crippen LogP contribution in [0.3, 0.4) is 0 Å². The first kappa shape index (κ1) is 33.7. The summed E-state index contributed by atoms with van der Waals surface area (Å²) in [5, 5.41) is 26.2. The van der Waals surface area contributed by atoms with Crippen molar-refractivity contribution < 1.29 is 43.1 Å². The molecule has 6 rings (SSSR count). The zero-order valence-corrected chi connectivity index (χ0v) is 27.5. The summed E-state index contributed by atoms with van der Waals surface area (Å²) in [5.74, 6) is -4.10. The number of aromatic hydroxyl groups is 1. The summed E-state index contributed by atoms with van der Waals surface area (Å²) in [6.07, 6.45) is 5.27. The zero-order valence-electron chi connectivity index (χ0n) is 25.8. The van der Waals surface area contributed by atoms with Gasteiger partial charge in [0.15, 0.2) is 24.0 Å². The van der Waals surface area contributed by atoms with Crippen molar-refractivity contribution in [3.8, 4) is 5.75 Å². The third-order valence-corrected chi connectivity index (χ3v) is 10.4. The zero-order chi connectivity index (χ0) is 34.7. The first-order valence-corrected chi connectivity index (χ1v) is 17.2. The summed E-state index contributed by atoms with van der Waals surface area (Å²) in [6, 6.07) is 15.6. The van der Waals surface area contributed by atoms with Gasteiger partial charge in [-0.3, -0.25) is 24.1 Å². The molecular weight excluding hydrogens is 674 g/mol. The molecule has 3 aliphatic rings. The van der Waals surface area contributed by atoms with Gasteiger partial charge in [-0.25, -0.2) is 4.39 Å².